The number of hydrogen-bond donors (Lipinski definition) is 1. The standard InChI is InChI=1S/C21H24O6/c1-13(2)7-5-8-14(3)11-12-25-19-16-9-6-10-17(23)18(16)27-21(24)20(19)26-15(4)22/h6-7,9-11,23H,5,8,12H2,1-4H3. The Hall–Kier alpha value is -3.02. The van der Waals surface area contributed by atoms with Crippen LogP contribution < -0.4 is 15.1 Å². The van der Waals surface area contributed by atoms with Crippen molar-refractivity contribution in [2.45, 2.75) is 40.5 Å². The highest BCUT2D eigenvalue weighted by atomic mass is 16.6. The Morgan fingerprint density at radius 1 is 1.15 bits per heavy atom. The Morgan fingerprint density at radius 2 is 1.89 bits per heavy atom. The second-order valence-corrected chi connectivity index (χ2v) is 6.48. The van der Waals surface area contributed by atoms with E-state index < -0.39 is 11.6 Å². The summed E-state index contributed by atoms with van der Waals surface area (Å²) in [4.78, 5) is 23.5. The average molecular weight is 372 g/mol. The maximum Gasteiger partial charge on any atom is 0.383 e. The number of fused-ring (bicyclic) bond motifs is 1. The van der Waals surface area contributed by atoms with Crippen LogP contribution in [0.3, 0.4) is 0 Å². The first kappa shape index (κ1) is 20.3. The van der Waals surface area contributed by atoms with Crippen LogP contribution in [-0.2, 0) is 4.79 Å². The van der Waals surface area contributed by atoms with Crippen LogP contribution in [0.1, 0.15) is 40.5 Å². The van der Waals surface area contributed by atoms with Gasteiger partial charge in [-0.25, -0.2) is 4.79 Å². The van der Waals surface area contributed by atoms with E-state index in [9.17, 15) is 14.7 Å². The van der Waals surface area contributed by atoms with Crippen molar-refractivity contribution in [2.24, 2.45) is 0 Å². The van der Waals surface area contributed by atoms with Gasteiger partial charge in [-0.2, -0.15) is 0 Å². The maximum absolute atomic E-state index is 12.2. The number of hydrogen-bond acceptors (Lipinski definition) is 6. The minimum atomic E-state index is -0.890. The van der Waals surface area contributed by atoms with Gasteiger partial charge in [-0.1, -0.05) is 23.3 Å². The number of aromatic hydroxyl groups is 1. The molecule has 1 N–H and O–H groups in total. The molecule has 0 aliphatic rings. The third kappa shape index (κ3) is 5.48. The van der Waals surface area contributed by atoms with Crippen LogP contribution in [0.5, 0.6) is 17.2 Å². The summed E-state index contributed by atoms with van der Waals surface area (Å²) in [6.07, 6.45) is 5.90. The second-order valence-electron chi connectivity index (χ2n) is 6.48. The largest absolute Gasteiger partial charge is 0.504 e. The summed E-state index contributed by atoms with van der Waals surface area (Å²) in [7, 11) is 0. The SMILES string of the molecule is CC(=O)Oc1c(OCC=C(C)CCC=C(C)C)c2cccc(O)c2oc1=O. The van der Waals surface area contributed by atoms with Crippen molar-refractivity contribution in [2.75, 3.05) is 6.61 Å². The summed E-state index contributed by atoms with van der Waals surface area (Å²) in [6.45, 7) is 7.48. The third-order valence-electron chi connectivity index (χ3n) is 3.82. The molecular weight excluding hydrogens is 348 g/mol. The average Bonchev–Trinajstić information content (AvgIpc) is 2.57. The summed E-state index contributed by atoms with van der Waals surface area (Å²) >= 11 is 0. The van der Waals surface area contributed by atoms with Crippen molar-refractivity contribution in [1.82, 2.24) is 0 Å². The molecule has 0 amide bonds. The molecule has 1 aromatic heterocycles. The van der Waals surface area contributed by atoms with Gasteiger partial charge in [-0.15, -0.1) is 0 Å². The minimum absolute atomic E-state index is 0.0161. The molecule has 1 aromatic carbocycles. The molecule has 6 nitrogen and oxygen atoms in total. The molecule has 0 fully saturated rings. The number of rotatable bonds is 7. The van der Waals surface area contributed by atoms with Gasteiger partial charge in [0.1, 0.15) is 6.61 Å². The highest BCUT2D eigenvalue weighted by molar-refractivity contribution is 5.90. The third-order valence-corrected chi connectivity index (χ3v) is 3.82. The number of esters is 1. The summed E-state index contributed by atoms with van der Waals surface area (Å²) in [6, 6.07) is 4.60. The summed E-state index contributed by atoms with van der Waals surface area (Å²) in [5, 5.41) is 10.3. The van der Waals surface area contributed by atoms with Crippen LogP contribution in [0.2, 0.25) is 0 Å². The fourth-order valence-corrected chi connectivity index (χ4v) is 2.50. The molecule has 1 heterocycles. The lowest BCUT2D eigenvalue weighted by Crippen LogP contribution is -2.13. The molecule has 2 aromatic rings. The van der Waals surface area contributed by atoms with Gasteiger partial charge in [-0.3, -0.25) is 4.79 Å². The summed E-state index contributed by atoms with van der Waals surface area (Å²) in [5.41, 5.74) is 1.50. The fourth-order valence-electron chi connectivity index (χ4n) is 2.50. The van der Waals surface area contributed by atoms with Crippen molar-refractivity contribution in [3.8, 4) is 17.2 Å². The van der Waals surface area contributed by atoms with Gasteiger partial charge in [0, 0.05) is 6.92 Å². The number of ether oxygens (including phenoxy) is 2. The van der Waals surface area contributed by atoms with E-state index in [4.69, 9.17) is 13.9 Å². The lowest BCUT2D eigenvalue weighted by Gasteiger charge is -2.12. The molecule has 0 saturated heterocycles. The Balaban J connectivity index is 2.32. The van der Waals surface area contributed by atoms with E-state index in [1.807, 2.05) is 13.0 Å². The van der Waals surface area contributed by atoms with E-state index in [1.54, 1.807) is 12.1 Å². The Morgan fingerprint density at radius 3 is 2.56 bits per heavy atom. The molecule has 0 radical (unpaired) electrons. The lowest BCUT2D eigenvalue weighted by molar-refractivity contribution is -0.132. The van der Waals surface area contributed by atoms with Crippen LogP contribution in [0.15, 0.2) is 50.7 Å². The topological polar surface area (TPSA) is 86.0 Å². The van der Waals surface area contributed by atoms with Crippen LogP contribution in [0, 0.1) is 0 Å². The van der Waals surface area contributed by atoms with E-state index in [0.717, 1.165) is 18.4 Å². The number of phenols is 1. The van der Waals surface area contributed by atoms with Crippen molar-refractivity contribution < 1.29 is 23.8 Å². The molecule has 144 valence electrons. The zero-order valence-corrected chi connectivity index (χ0v) is 16.0. The van der Waals surface area contributed by atoms with Gasteiger partial charge < -0.3 is 19.0 Å². The maximum atomic E-state index is 12.2. The Kier molecular flexibility index (Phi) is 6.82. The highest BCUT2D eigenvalue weighted by Crippen LogP contribution is 2.36. The molecule has 0 spiro atoms. The normalized spacial score (nSPS) is 11.3. The zero-order chi connectivity index (χ0) is 20.0. The van der Waals surface area contributed by atoms with Crippen LogP contribution in [0.25, 0.3) is 11.0 Å². The van der Waals surface area contributed by atoms with Gasteiger partial charge in [0.25, 0.3) is 5.75 Å². The first-order valence-electron chi connectivity index (χ1n) is 8.68. The molecule has 0 aliphatic heterocycles. The molecule has 0 unspecified atom stereocenters. The van der Waals surface area contributed by atoms with E-state index in [2.05, 4.69) is 19.9 Å². The zero-order valence-electron chi connectivity index (χ0n) is 16.0. The first-order chi connectivity index (χ1) is 12.8. The van der Waals surface area contributed by atoms with Gasteiger partial charge in [0.05, 0.1) is 5.39 Å². The fraction of sp³-hybridized carbons (Fsp3) is 0.333. The molecule has 2 rings (SSSR count). The van der Waals surface area contributed by atoms with Crippen molar-refractivity contribution in [3.63, 3.8) is 0 Å². The number of carbonyl (C=O) groups excluding carboxylic acids is 1. The van der Waals surface area contributed by atoms with Crippen LogP contribution >= 0.6 is 0 Å². The van der Waals surface area contributed by atoms with Gasteiger partial charge in [-0.05, 0) is 51.8 Å². The van der Waals surface area contributed by atoms with E-state index >= 15 is 0 Å². The minimum Gasteiger partial charge on any atom is -0.504 e. The predicted octanol–water partition coefficient (Wildman–Crippen LogP) is 4.50. The number of phenolic OH excluding ortho intramolecular Hbond substituents is 1. The van der Waals surface area contributed by atoms with Gasteiger partial charge in [0.15, 0.2) is 17.1 Å². The molecule has 0 atom stereocenters. The monoisotopic (exact) mass is 372 g/mol. The van der Waals surface area contributed by atoms with E-state index in [-0.39, 0.29) is 29.4 Å². The van der Waals surface area contributed by atoms with Crippen LogP contribution in [-0.4, -0.2) is 17.7 Å². The quantitative estimate of drug-likeness (QED) is 0.438. The van der Waals surface area contributed by atoms with Crippen molar-refractivity contribution in [1.29, 1.82) is 0 Å². The number of para-hydroxylation sites is 1. The summed E-state index contributed by atoms with van der Waals surface area (Å²) < 4.78 is 15.8. The van der Waals surface area contributed by atoms with E-state index in [1.165, 1.54) is 18.6 Å². The van der Waals surface area contributed by atoms with Crippen molar-refractivity contribution >= 4 is 16.9 Å². The Bertz CT molecular complexity index is 945. The second kappa shape index (κ2) is 9.07. The smallest absolute Gasteiger partial charge is 0.383 e. The summed E-state index contributed by atoms with van der Waals surface area (Å²) in [5.74, 6) is -1.12. The Labute approximate surface area is 157 Å². The molecule has 0 saturated carbocycles. The molecule has 0 aliphatic carbocycles. The molecule has 0 bridgehead atoms. The number of allylic oxidation sites excluding steroid dienone is 3. The van der Waals surface area contributed by atoms with Crippen molar-refractivity contribution in [3.05, 3.63) is 51.9 Å². The molecular formula is C21H24O6. The first-order valence-corrected chi connectivity index (χ1v) is 8.68. The van der Waals surface area contributed by atoms with Gasteiger partial charge in [0.2, 0.25) is 0 Å². The molecule has 27 heavy (non-hydrogen) atoms. The predicted molar refractivity (Wildman–Crippen MR) is 103 cm³/mol. The van der Waals surface area contributed by atoms with Crippen LogP contribution in [0.4, 0.5) is 0 Å². The van der Waals surface area contributed by atoms with E-state index in [0.29, 0.717) is 5.39 Å². The lowest BCUT2D eigenvalue weighted by atomic mass is 10.1. The highest BCUT2D eigenvalue weighted by Gasteiger charge is 2.20. The number of carbonyl (C=O) groups is 1. The number of benzene rings is 1. The molecule has 6 heteroatoms. The van der Waals surface area contributed by atoms with Gasteiger partial charge >= 0.3 is 11.6 Å².